The largest absolute Gasteiger partial charge is 0.480 e. The monoisotopic (exact) mass is 294 g/mol. The van der Waals surface area contributed by atoms with Gasteiger partial charge in [-0.2, -0.15) is 0 Å². The number of nitro groups is 1. The number of carboxylic acids is 1. The highest BCUT2D eigenvalue weighted by Gasteiger charge is 2.26. The van der Waals surface area contributed by atoms with Crippen molar-refractivity contribution in [2.24, 2.45) is 5.92 Å². The van der Waals surface area contributed by atoms with Crippen LogP contribution < -0.4 is 5.32 Å². The van der Waals surface area contributed by atoms with E-state index < -0.39 is 16.9 Å². The zero-order valence-electron chi connectivity index (χ0n) is 11.4. The molecule has 1 aromatic carbocycles. The molecule has 0 fully saturated rings. The number of benzene rings is 1. The molecule has 0 spiro atoms. The van der Waals surface area contributed by atoms with Crippen LogP contribution in [-0.2, 0) is 4.79 Å². The van der Waals surface area contributed by atoms with Crippen molar-refractivity contribution in [3.63, 3.8) is 0 Å². The van der Waals surface area contributed by atoms with E-state index in [-0.39, 0.29) is 22.6 Å². The quantitative estimate of drug-likeness (QED) is 0.611. The van der Waals surface area contributed by atoms with Crippen LogP contribution in [0.4, 0.5) is 11.4 Å². The third-order valence-corrected chi connectivity index (χ3v) is 3.38. The summed E-state index contributed by atoms with van der Waals surface area (Å²) in [6.07, 6.45) is 0.664. The molecule has 9 nitrogen and oxygen atoms in total. The fourth-order valence-corrected chi connectivity index (χ4v) is 1.97. The van der Waals surface area contributed by atoms with Crippen molar-refractivity contribution >= 4 is 28.4 Å². The Bertz CT molecular complexity index is 683. The molecule has 0 aliphatic carbocycles. The minimum absolute atomic E-state index is 0.0155. The highest BCUT2D eigenvalue weighted by Crippen LogP contribution is 2.29. The summed E-state index contributed by atoms with van der Waals surface area (Å²) in [5, 5.41) is 30.1. The van der Waals surface area contributed by atoms with Crippen molar-refractivity contribution in [1.82, 2.24) is 10.3 Å². The van der Waals surface area contributed by atoms with Crippen LogP contribution in [0.2, 0.25) is 0 Å². The number of nitrogens with zero attached hydrogens (tertiary/aromatic N) is 3. The van der Waals surface area contributed by atoms with Crippen molar-refractivity contribution in [2.45, 2.75) is 26.3 Å². The highest BCUT2D eigenvalue weighted by atomic mass is 16.6. The number of aromatic nitrogens is 2. The Kier molecular flexibility index (Phi) is 4.01. The Morgan fingerprint density at radius 3 is 2.71 bits per heavy atom. The zero-order valence-corrected chi connectivity index (χ0v) is 11.4. The van der Waals surface area contributed by atoms with Gasteiger partial charge in [0.1, 0.15) is 6.04 Å². The average Bonchev–Trinajstić information content (AvgIpc) is 2.92. The number of aliphatic carboxylic acids is 1. The molecule has 112 valence electrons. The third kappa shape index (κ3) is 2.76. The third-order valence-electron chi connectivity index (χ3n) is 3.38. The van der Waals surface area contributed by atoms with E-state index in [0.717, 1.165) is 0 Å². The molecular formula is C12H14N4O5. The van der Waals surface area contributed by atoms with E-state index in [1.165, 1.54) is 12.1 Å². The molecule has 2 rings (SSSR count). The lowest BCUT2D eigenvalue weighted by atomic mass is 9.99. The molecule has 2 atom stereocenters. The smallest absolute Gasteiger partial charge is 0.326 e. The van der Waals surface area contributed by atoms with Gasteiger partial charge in [0.05, 0.1) is 10.6 Å². The SMILES string of the molecule is CC[C@H](C)[C@H](Nc1ccc([N+](=O)[O-])c2nonc12)C(=O)O. The molecule has 1 aromatic heterocycles. The molecule has 1 heterocycles. The predicted octanol–water partition coefficient (Wildman–Crippen LogP) is 2.04. The van der Waals surface area contributed by atoms with E-state index in [0.29, 0.717) is 12.1 Å². The molecule has 2 aromatic rings. The van der Waals surface area contributed by atoms with Gasteiger partial charge in [0.25, 0.3) is 0 Å². The molecular weight excluding hydrogens is 280 g/mol. The van der Waals surface area contributed by atoms with E-state index in [9.17, 15) is 20.0 Å². The summed E-state index contributed by atoms with van der Waals surface area (Å²) in [4.78, 5) is 21.6. The summed E-state index contributed by atoms with van der Waals surface area (Å²) in [7, 11) is 0. The first-order valence-corrected chi connectivity index (χ1v) is 6.34. The lowest BCUT2D eigenvalue weighted by molar-refractivity contribution is -0.383. The maximum Gasteiger partial charge on any atom is 0.326 e. The molecule has 0 amide bonds. The minimum atomic E-state index is -1.01. The lowest BCUT2D eigenvalue weighted by Gasteiger charge is -2.21. The predicted molar refractivity (Wildman–Crippen MR) is 73.0 cm³/mol. The van der Waals surface area contributed by atoms with E-state index >= 15 is 0 Å². The number of nitrogens with one attached hydrogen (secondary N) is 1. The van der Waals surface area contributed by atoms with Crippen molar-refractivity contribution in [1.29, 1.82) is 0 Å². The summed E-state index contributed by atoms with van der Waals surface area (Å²) in [6.45, 7) is 3.68. The van der Waals surface area contributed by atoms with E-state index in [1.807, 2.05) is 6.92 Å². The van der Waals surface area contributed by atoms with Crippen LogP contribution in [0.15, 0.2) is 16.8 Å². The first kappa shape index (κ1) is 14.7. The van der Waals surface area contributed by atoms with Crippen molar-refractivity contribution in [2.75, 3.05) is 5.32 Å². The van der Waals surface area contributed by atoms with Crippen molar-refractivity contribution in [3.8, 4) is 0 Å². The lowest BCUT2D eigenvalue weighted by Crippen LogP contribution is -2.35. The number of hydrogen-bond donors (Lipinski definition) is 2. The van der Waals surface area contributed by atoms with Crippen LogP contribution in [0, 0.1) is 16.0 Å². The van der Waals surface area contributed by atoms with Crippen molar-refractivity contribution in [3.05, 3.63) is 22.2 Å². The number of rotatable bonds is 6. The average molecular weight is 294 g/mol. The molecule has 0 aliphatic heterocycles. The van der Waals surface area contributed by atoms with Gasteiger partial charge in [0, 0.05) is 6.07 Å². The number of nitro benzene ring substituents is 1. The number of non-ortho nitro benzene ring substituents is 1. The second kappa shape index (κ2) is 5.73. The summed E-state index contributed by atoms with van der Waals surface area (Å²) in [5.74, 6) is -1.14. The van der Waals surface area contributed by atoms with Crippen LogP contribution in [0.25, 0.3) is 11.0 Å². The summed E-state index contributed by atoms with van der Waals surface area (Å²) >= 11 is 0. The Morgan fingerprint density at radius 1 is 1.48 bits per heavy atom. The number of carbonyl (C=O) groups is 1. The molecule has 2 N–H and O–H groups in total. The first-order chi connectivity index (χ1) is 9.95. The van der Waals surface area contributed by atoms with Crippen LogP contribution in [-0.4, -0.2) is 32.4 Å². The summed E-state index contributed by atoms with van der Waals surface area (Å²) < 4.78 is 4.53. The van der Waals surface area contributed by atoms with Gasteiger partial charge in [-0.25, -0.2) is 9.42 Å². The van der Waals surface area contributed by atoms with Gasteiger partial charge in [0.2, 0.25) is 5.52 Å². The van der Waals surface area contributed by atoms with Gasteiger partial charge in [-0.15, -0.1) is 0 Å². The topological polar surface area (TPSA) is 131 Å². The normalized spacial score (nSPS) is 13.8. The second-order valence-corrected chi connectivity index (χ2v) is 4.70. The Labute approximate surface area is 119 Å². The van der Waals surface area contributed by atoms with Crippen LogP contribution >= 0.6 is 0 Å². The second-order valence-electron chi connectivity index (χ2n) is 4.70. The van der Waals surface area contributed by atoms with Gasteiger partial charge in [-0.05, 0) is 22.3 Å². The Morgan fingerprint density at radius 2 is 2.14 bits per heavy atom. The van der Waals surface area contributed by atoms with Gasteiger partial charge in [-0.3, -0.25) is 10.1 Å². The van der Waals surface area contributed by atoms with Crippen LogP contribution in [0.1, 0.15) is 20.3 Å². The molecule has 0 unspecified atom stereocenters. The van der Waals surface area contributed by atoms with Gasteiger partial charge >= 0.3 is 11.7 Å². The number of carboxylic acid groups (broad SMARTS) is 1. The number of hydrogen-bond acceptors (Lipinski definition) is 7. The van der Waals surface area contributed by atoms with Crippen LogP contribution in [0.5, 0.6) is 0 Å². The molecule has 9 heteroatoms. The zero-order chi connectivity index (χ0) is 15.6. The standard InChI is InChI=1S/C12H14N4O5/c1-3-6(2)9(12(17)18)13-7-4-5-8(16(19)20)11-10(7)14-21-15-11/h4-6,9,13H,3H2,1-2H3,(H,17,18)/t6-,9-/m0/s1. The summed E-state index contributed by atoms with van der Waals surface area (Å²) in [5.41, 5.74) is 0.216. The first-order valence-electron chi connectivity index (χ1n) is 6.34. The maximum atomic E-state index is 11.3. The Balaban J connectivity index is 2.43. The Hall–Kier alpha value is -2.71. The number of anilines is 1. The maximum absolute atomic E-state index is 11.3. The minimum Gasteiger partial charge on any atom is -0.480 e. The molecule has 0 bridgehead atoms. The molecule has 21 heavy (non-hydrogen) atoms. The fraction of sp³-hybridized carbons (Fsp3) is 0.417. The van der Waals surface area contributed by atoms with E-state index in [2.05, 4.69) is 20.3 Å². The van der Waals surface area contributed by atoms with Crippen molar-refractivity contribution < 1.29 is 19.5 Å². The summed E-state index contributed by atoms with van der Waals surface area (Å²) in [6, 6.07) is 1.81. The van der Waals surface area contributed by atoms with Gasteiger partial charge in [0.15, 0.2) is 5.52 Å². The van der Waals surface area contributed by atoms with Gasteiger partial charge in [-0.1, -0.05) is 20.3 Å². The molecule has 0 radical (unpaired) electrons. The fourth-order valence-electron chi connectivity index (χ4n) is 1.97. The number of fused-ring (bicyclic) bond motifs is 1. The van der Waals surface area contributed by atoms with E-state index in [4.69, 9.17) is 0 Å². The molecule has 0 saturated heterocycles. The molecule has 0 aliphatic rings. The van der Waals surface area contributed by atoms with Crippen LogP contribution in [0.3, 0.4) is 0 Å². The van der Waals surface area contributed by atoms with E-state index in [1.54, 1.807) is 6.92 Å². The van der Waals surface area contributed by atoms with Gasteiger partial charge < -0.3 is 10.4 Å². The molecule has 0 saturated carbocycles. The highest BCUT2D eigenvalue weighted by molar-refractivity contribution is 5.94.